The van der Waals surface area contributed by atoms with Gasteiger partial charge in [0.15, 0.2) is 0 Å². The fraction of sp³-hybridized carbons (Fsp3) is 0.400. The largest absolute Gasteiger partial charge is 0.477 e. The summed E-state index contributed by atoms with van der Waals surface area (Å²) in [5.74, 6) is -0.966. The molecule has 0 spiro atoms. The molecule has 48 valence electrons. The van der Waals surface area contributed by atoms with Gasteiger partial charge in [0.1, 0.15) is 5.71 Å². The molecule has 1 aliphatic rings. The van der Waals surface area contributed by atoms with Crippen molar-refractivity contribution in [1.29, 1.82) is 0 Å². The van der Waals surface area contributed by atoms with E-state index in [0.717, 1.165) is 0 Å². The summed E-state index contributed by atoms with van der Waals surface area (Å²) in [6.45, 7) is 0. The van der Waals surface area contributed by atoms with Gasteiger partial charge >= 0.3 is 5.97 Å². The fourth-order valence-corrected chi connectivity index (χ4v) is 0.569. The molecule has 0 atom stereocenters. The van der Waals surface area contributed by atoms with Crippen LogP contribution in [0.1, 0.15) is 12.8 Å². The number of nitrogens with zero attached hydrogens (tertiary/aromatic N) is 2. The summed E-state index contributed by atoms with van der Waals surface area (Å²) in [6, 6.07) is 0. The molecule has 0 radical (unpaired) electrons. The lowest BCUT2D eigenvalue weighted by Gasteiger charge is -1.98. The molecular formula is C5H6N2O2. The van der Waals surface area contributed by atoms with E-state index in [4.69, 9.17) is 5.11 Å². The van der Waals surface area contributed by atoms with Crippen LogP contribution in [-0.2, 0) is 4.79 Å². The molecule has 1 N–H and O–H groups in total. The maximum absolute atomic E-state index is 10.1. The molecule has 0 aromatic carbocycles. The van der Waals surface area contributed by atoms with E-state index in [1.54, 1.807) is 6.21 Å². The highest BCUT2D eigenvalue weighted by molar-refractivity contribution is 6.36. The quantitative estimate of drug-likeness (QED) is 0.548. The summed E-state index contributed by atoms with van der Waals surface area (Å²) in [6.07, 6.45) is 2.79. The third-order valence-corrected chi connectivity index (χ3v) is 1.02. The van der Waals surface area contributed by atoms with Crippen LogP contribution in [0.4, 0.5) is 0 Å². The first-order chi connectivity index (χ1) is 4.30. The van der Waals surface area contributed by atoms with Crippen LogP contribution in [-0.4, -0.2) is 23.0 Å². The highest BCUT2D eigenvalue weighted by atomic mass is 16.4. The molecule has 0 aromatic heterocycles. The molecule has 0 saturated carbocycles. The predicted molar refractivity (Wildman–Crippen MR) is 32.8 cm³/mol. The lowest BCUT2D eigenvalue weighted by molar-refractivity contribution is -0.129. The van der Waals surface area contributed by atoms with Crippen molar-refractivity contribution in [3.8, 4) is 0 Å². The van der Waals surface area contributed by atoms with Crippen molar-refractivity contribution in [2.45, 2.75) is 12.8 Å². The van der Waals surface area contributed by atoms with Crippen molar-refractivity contribution in [3.63, 3.8) is 0 Å². The SMILES string of the molecule is O=C(O)C1=NN=CCC1. The molecule has 0 saturated heterocycles. The minimum Gasteiger partial charge on any atom is -0.477 e. The van der Waals surface area contributed by atoms with Gasteiger partial charge in [-0.2, -0.15) is 5.10 Å². The Morgan fingerprint density at radius 1 is 1.78 bits per heavy atom. The van der Waals surface area contributed by atoms with Gasteiger partial charge in [0, 0.05) is 12.6 Å². The average molecular weight is 126 g/mol. The van der Waals surface area contributed by atoms with E-state index in [-0.39, 0.29) is 5.71 Å². The maximum atomic E-state index is 10.1. The number of hydrogen-bond donors (Lipinski definition) is 1. The van der Waals surface area contributed by atoms with Gasteiger partial charge in [0.25, 0.3) is 0 Å². The lowest BCUT2D eigenvalue weighted by Crippen LogP contribution is -2.14. The number of rotatable bonds is 1. The van der Waals surface area contributed by atoms with Gasteiger partial charge in [0.2, 0.25) is 0 Å². The van der Waals surface area contributed by atoms with Gasteiger partial charge in [-0.25, -0.2) is 4.79 Å². The Morgan fingerprint density at radius 3 is 2.89 bits per heavy atom. The smallest absolute Gasteiger partial charge is 0.352 e. The van der Waals surface area contributed by atoms with Gasteiger partial charge in [-0.3, -0.25) is 0 Å². The number of carboxylic acid groups (broad SMARTS) is 1. The lowest BCUT2D eigenvalue weighted by atomic mass is 10.2. The van der Waals surface area contributed by atoms with Gasteiger partial charge in [-0.1, -0.05) is 0 Å². The van der Waals surface area contributed by atoms with Crippen molar-refractivity contribution in [2.75, 3.05) is 0 Å². The molecule has 0 aliphatic carbocycles. The molecule has 0 aromatic rings. The van der Waals surface area contributed by atoms with E-state index >= 15 is 0 Å². The zero-order valence-corrected chi connectivity index (χ0v) is 4.74. The van der Waals surface area contributed by atoms with E-state index in [0.29, 0.717) is 12.8 Å². The topological polar surface area (TPSA) is 62.0 Å². The highest BCUT2D eigenvalue weighted by Gasteiger charge is 2.09. The summed E-state index contributed by atoms with van der Waals surface area (Å²) in [4.78, 5) is 10.1. The van der Waals surface area contributed by atoms with E-state index in [9.17, 15) is 4.79 Å². The Hall–Kier alpha value is -1.19. The number of carboxylic acids is 1. The molecule has 0 bridgehead atoms. The zero-order valence-electron chi connectivity index (χ0n) is 4.74. The molecule has 0 unspecified atom stereocenters. The van der Waals surface area contributed by atoms with E-state index in [1.807, 2.05) is 0 Å². The van der Waals surface area contributed by atoms with Crippen molar-refractivity contribution in [1.82, 2.24) is 0 Å². The zero-order chi connectivity index (χ0) is 6.69. The van der Waals surface area contributed by atoms with Crippen molar-refractivity contribution >= 4 is 17.9 Å². The normalized spacial score (nSPS) is 17.1. The third-order valence-electron chi connectivity index (χ3n) is 1.02. The summed E-state index contributed by atoms with van der Waals surface area (Å²) in [5, 5.41) is 15.2. The Bertz CT molecular complexity index is 183. The van der Waals surface area contributed by atoms with E-state index in [1.165, 1.54) is 0 Å². The monoisotopic (exact) mass is 126 g/mol. The molecule has 0 fully saturated rings. The van der Waals surface area contributed by atoms with Crippen LogP contribution in [0.5, 0.6) is 0 Å². The van der Waals surface area contributed by atoms with Crippen LogP contribution < -0.4 is 0 Å². The molecule has 9 heavy (non-hydrogen) atoms. The van der Waals surface area contributed by atoms with E-state index < -0.39 is 5.97 Å². The predicted octanol–water partition coefficient (Wildman–Crippen LogP) is 0.292. The number of aliphatic carboxylic acids is 1. The van der Waals surface area contributed by atoms with Crippen LogP contribution in [0, 0.1) is 0 Å². The molecule has 1 heterocycles. The summed E-state index contributed by atoms with van der Waals surface area (Å²) >= 11 is 0. The molecule has 1 aliphatic heterocycles. The first kappa shape index (κ1) is 5.94. The Morgan fingerprint density at radius 2 is 2.56 bits per heavy atom. The summed E-state index contributed by atoms with van der Waals surface area (Å²) in [5.41, 5.74) is 0.150. The van der Waals surface area contributed by atoms with Crippen LogP contribution in [0.15, 0.2) is 10.2 Å². The minimum atomic E-state index is -0.966. The molecule has 0 amide bonds. The summed E-state index contributed by atoms with van der Waals surface area (Å²) in [7, 11) is 0. The van der Waals surface area contributed by atoms with Gasteiger partial charge in [-0.05, 0) is 6.42 Å². The standard InChI is InChI=1S/C5H6N2O2/c8-5(9)4-2-1-3-6-7-4/h3H,1-2H2,(H,8,9). The van der Waals surface area contributed by atoms with Crippen LogP contribution in [0.25, 0.3) is 0 Å². The van der Waals surface area contributed by atoms with Gasteiger partial charge in [0.05, 0.1) is 0 Å². The van der Waals surface area contributed by atoms with E-state index in [2.05, 4.69) is 10.2 Å². The van der Waals surface area contributed by atoms with Gasteiger partial charge in [-0.15, -0.1) is 5.10 Å². The second-order valence-electron chi connectivity index (χ2n) is 1.69. The highest BCUT2D eigenvalue weighted by Crippen LogP contribution is 1.97. The molecule has 1 rings (SSSR count). The Labute approximate surface area is 51.9 Å². The van der Waals surface area contributed by atoms with Crippen molar-refractivity contribution in [2.24, 2.45) is 10.2 Å². The van der Waals surface area contributed by atoms with Gasteiger partial charge < -0.3 is 5.11 Å². The van der Waals surface area contributed by atoms with Crippen LogP contribution in [0.2, 0.25) is 0 Å². The molecule has 4 heteroatoms. The van der Waals surface area contributed by atoms with Crippen molar-refractivity contribution in [3.05, 3.63) is 0 Å². The minimum absolute atomic E-state index is 0.150. The number of carbonyl (C=O) groups is 1. The maximum Gasteiger partial charge on any atom is 0.352 e. The first-order valence-corrected chi connectivity index (χ1v) is 2.62. The Kier molecular flexibility index (Phi) is 1.58. The fourth-order valence-electron chi connectivity index (χ4n) is 0.569. The van der Waals surface area contributed by atoms with Crippen molar-refractivity contribution < 1.29 is 9.90 Å². The molecule has 4 nitrogen and oxygen atoms in total. The Balaban J connectivity index is 2.68. The average Bonchev–Trinajstić information content (AvgIpc) is 1.90. The second-order valence-corrected chi connectivity index (χ2v) is 1.69. The van der Waals surface area contributed by atoms with Crippen LogP contribution in [0.3, 0.4) is 0 Å². The summed E-state index contributed by atoms with van der Waals surface area (Å²) < 4.78 is 0. The molecular weight excluding hydrogens is 120 g/mol. The third kappa shape index (κ3) is 1.35. The first-order valence-electron chi connectivity index (χ1n) is 2.62. The van der Waals surface area contributed by atoms with Crippen LogP contribution >= 0.6 is 0 Å². The second kappa shape index (κ2) is 2.39. The number of hydrogen-bond acceptors (Lipinski definition) is 3.